The van der Waals surface area contributed by atoms with Gasteiger partial charge in [0.25, 0.3) is 0 Å². The highest BCUT2D eigenvalue weighted by atomic mass is 31.2. The van der Waals surface area contributed by atoms with Crippen molar-refractivity contribution >= 4 is 39.5 Å². The number of phosphoric acid groups is 2. The lowest BCUT2D eigenvalue weighted by molar-refractivity contribution is -0.161. The van der Waals surface area contributed by atoms with Gasteiger partial charge in [-0.05, 0) is 51.4 Å². The minimum atomic E-state index is -4.96. The van der Waals surface area contributed by atoms with Crippen LogP contribution in [0.15, 0.2) is 24.3 Å². The third-order valence-electron chi connectivity index (χ3n) is 18.2. The highest BCUT2D eigenvalue weighted by Crippen LogP contribution is 2.45. The highest BCUT2D eigenvalue weighted by Gasteiger charge is 2.30. The van der Waals surface area contributed by atoms with E-state index in [1.54, 1.807) is 0 Å². The molecule has 0 spiro atoms. The molecule has 0 heterocycles. The van der Waals surface area contributed by atoms with E-state index in [4.69, 9.17) is 37.0 Å². The van der Waals surface area contributed by atoms with Gasteiger partial charge >= 0.3 is 39.5 Å². The lowest BCUT2D eigenvalue weighted by Gasteiger charge is -2.21. The Balaban J connectivity index is 5.14. The van der Waals surface area contributed by atoms with Crippen LogP contribution in [0.3, 0.4) is 0 Å². The molecular weight excluding hydrogens is 1290 g/mol. The molecule has 0 aromatic heterocycles. The first kappa shape index (κ1) is 96.5. The molecule has 0 saturated carbocycles. The molecule has 0 fully saturated rings. The van der Waals surface area contributed by atoms with Crippen molar-refractivity contribution in [1.29, 1.82) is 0 Å². The molecule has 19 heteroatoms. The van der Waals surface area contributed by atoms with Gasteiger partial charge < -0.3 is 33.8 Å². The molecule has 0 rings (SSSR count). The van der Waals surface area contributed by atoms with Crippen molar-refractivity contribution in [2.24, 2.45) is 0 Å². The number of aliphatic hydroxyl groups excluding tert-OH is 1. The number of hydrogen-bond donors (Lipinski definition) is 3. The van der Waals surface area contributed by atoms with E-state index in [1.807, 2.05) is 0 Å². The van der Waals surface area contributed by atoms with E-state index in [2.05, 4.69) is 52.0 Å². The molecule has 0 aliphatic carbocycles. The van der Waals surface area contributed by atoms with Crippen molar-refractivity contribution in [2.75, 3.05) is 39.6 Å². The lowest BCUT2D eigenvalue weighted by Crippen LogP contribution is -2.30. The van der Waals surface area contributed by atoms with Gasteiger partial charge in [-0.15, -0.1) is 0 Å². The van der Waals surface area contributed by atoms with Crippen molar-refractivity contribution in [2.45, 2.75) is 425 Å². The Labute approximate surface area is 605 Å². The summed E-state index contributed by atoms with van der Waals surface area (Å²) in [7, 11) is -9.92. The number of carbonyl (C=O) groups is 4. The minimum Gasteiger partial charge on any atom is -0.462 e. The van der Waals surface area contributed by atoms with E-state index in [-0.39, 0.29) is 25.7 Å². The van der Waals surface area contributed by atoms with E-state index >= 15 is 0 Å². The van der Waals surface area contributed by atoms with Crippen LogP contribution in [0.2, 0.25) is 0 Å². The number of esters is 4. The second-order valence-corrected chi connectivity index (χ2v) is 31.0. The van der Waals surface area contributed by atoms with Gasteiger partial charge in [0.05, 0.1) is 26.4 Å². The predicted octanol–water partition coefficient (Wildman–Crippen LogP) is 23.7. The van der Waals surface area contributed by atoms with Gasteiger partial charge in [0.1, 0.15) is 19.3 Å². The number of aliphatic hydroxyl groups is 1. The molecule has 0 saturated heterocycles. The minimum absolute atomic E-state index is 0.0847. The monoisotopic (exact) mass is 1450 g/mol. The second kappa shape index (κ2) is 73.8. The fourth-order valence-corrected chi connectivity index (χ4v) is 13.5. The molecule has 0 radical (unpaired) electrons. The maximum absolute atomic E-state index is 13.1. The van der Waals surface area contributed by atoms with Crippen molar-refractivity contribution in [3.05, 3.63) is 24.3 Å². The lowest BCUT2D eigenvalue weighted by atomic mass is 10.0. The number of ether oxygens (including phenoxy) is 4. The van der Waals surface area contributed by atoms with Crippen LogP contribution in [0.25, 0.3) is 0 Å². The normalized spacial score (nSPS) is 14.0. The molecule has 99 heavy (non-hydrogen) atoms. The summed E-state index contributed by atoms with van der Waals surface area (Å²) in [6, 6.07) is 0. The van der Waals surface area contributed by atoms with E-state index in [1.165, 1.54) is 218 Å². The smallest absolute Gasteiger partial charge is 0.462 e. The van der Waals surface area contributed by atoms with Gasteiger partial charge in [-0.2, -0.15) is 0 Å². The molecule has 2 unspecified atom stereocenters. The Hall–Kier alpha value is -2.46. The van der Waals surface area contributed by atoms with Gasteiger partial charge in [0, 0.05) is 25.7 Å². The molecule has 0 aliphatic rings. The molecule has 0 bridgehead atoms. The zero-order valence-electron chi connectivity index (χ0n) is 64.0. The maximum atomic E-state index is 13.1. The summed E-state index contributed by atoms with van der Waals surface area (Å²) in [5, 5.41) is 10.6. The van der Waals surface area contributed by atoms with E-state index < -0.39 is 97.5 Å². The average Bonchev–Trinajstić information content (AvgIpc) is 1.09. The van der Waals surface area contributed by atoms with Crippen LogP contribution in [-0.2, 0) is 65.4 Å². The summed E-state index contributed by atoms with van der Waals surface area (Å²) in [5.74, 6) is -2.15. The summed E-state index contributed by atoms with van der Waals surface area (Å²) >= 11 is 0. The maximum Gasteiger partial charge on any atom is 0.472 e. The molecular formula is C80H152O17P2. The summed E-state index contributed by atoms with van der Waals surface area (Å²) in [6.45, 7) is 4.85. The molecule has 0 aliphatic heterocycles. The predicted molar refractivity (Wildman–Crippen MR) is 405 cm³/mol. The summed E-state index contributed by atoms with van der Waals surface area (Å²) in [4.78, 5) is 72.6. The average molecular weight is 1450 g/mol. The van der Waals surface area contributed by atoms with Gasteiger partial charge in [0.15, 0.2) is 12.2 Å². The molecule has 3 N–H and O–H groups in total. The van der Waals surface area contributed by atoms with Gasteiger partial charge in [0.2, 0.25) is 0 Å². The van der Waals surface area contributed by atoms with Crippen molar-refractivity contribution in [3.8, 4) is 0 Å². The van der Waals surface area contributed by atoms with Crippen LogP contribution in [-0.4, -0.2) is 96.7 Å². The molecule has 17 nitrogen and oxygen atoms in total. The van der Waals surface area contributed by atoms with Crippen LogP contribution in [0.5, 0.6) is 0 Å². The Morgan fingerprint density at radius 3 is 0.737 bits per heavy atom. The third kappa shape index (κ3) is 73.6. The zero-order chi connectivity index (χ0) is 72.5. The number of unbranched alkanes of at least 4 members (excludes halogenated alkanes) is 50. The molecule has 0 aromatic rings. The number of phosphoric ester groups is 2. The number of hydrogen-bond acceptors (Lipinski definition) is 15. The standard InChI is InChI=1S/C80H152O17P2/c1-5-9-13-17-20-23-26-29-32-34-35-36-37-38-40-43-46-49-52-55-59-63-67-80(85)97-76(71-91-78(83)65-61-57-53-50-47-44-42-39-33-30-27-24-21-18-14-10-6-2)73-95-99(88,89)93-69-74(81)68-92-98(86,87)94-72-75(70-90-77(82)64-60-56-16-12-8-4)96-79(84)66-62-58-54-51-48-45-41-31-28-25-22-19-15-11-7-3/h25,28,31,41,74-76,81H,5-24,26-27,29-30,32-40,42-73H2,1-4H3,(H,86,87)(H,88,89)/b28-25-,41-31-/t74-,75+,76+/m0/s1. The highest BCUT2D eigenvalue weighted by molar-refractivity contribution is 7.47. The largest absolute Gasteiger partial charge is 0.472 e. The second-order valence-electron chi connectivity index (χ2n) is 28.1. The first-order valence-electron chi connectivity index (χ1n) is 41.1. The number of allylic oxidation sites excluding steroid dienone is 4. The van der Waals surface area contributed by atoms with Crippen LogP contribution in [0.1, 0.15) is 407 Å². The first-order chi connectivity index (χ1) is 48.2. The fraction of sp³-hybridized carbons (Fsp3) is 0.900. The van der Waals surface area contributed by atoms with E-state index in [9.17, 15) is 43.2 Å². The van der Waals surface area contributed by atoms with E-state index in [0.717, 1.165) is 109 Å². The summed E-state index contributed by atoms with van der Waals surface area (Å²) in [6.07, 6.45) is 69.4. The Bertz CT molecular complexity index is 1970. The fourth-order valence-electron chi connectivity index (χ4n) is 11.9. The first-order valence-corrected chi connectivity index (χ1v) is 44.1. The van der Waals surface area contributed by atoms with Crippen LogP contribution < -0.4 is 0 Å². The third-order valence-corrected chi connectivity index (χ3v) is 20.1. The molecule has 0 aromatic carbocycles. The van der Waals surface area contributed by atoms with Gasteiger partial charge in [-0.3, -0.25) is 37.3 Å². The van der Waals surface area contributed by atoms with Gasteiger partial charge in [-0.25, -0.2) is 9.13 Å². The van der Waals surface area contributed by atoms with Crippen molar-refractivity contribution in [3.63, 3.8) is 0 Å². The van der Waals surface area contributed by atoms with Crippen molar-refractivity contribution in [1.82, 2.24) is 0 Å². The Kier molecular flexibility index (Phi) is 72.0. The van der Waals surface area contributed by atoms with Crippen LogP contribution >= 0.6 is 15.6 Å². The summed E-state index contributed by atoms with van der Waals surface area (Å²) < 4.78 is 68.4. The van der Waals surface area contributed by atoms with E-state index in [0.29, 0.717) is 25.7 Å². The van der Waals surface area contributed by atoms with Crippen LogP contribution in [0.4, 0.5) is 0 Å². The zero-order valence-corrected chi connectivity index (χ0v) is 65.7. The summed E-state index contributed by atoms with van der Waals surface area (Å²) in [5.41, 5.74) is 0. The number of rotatable bonds is 79. The quantitative estimate of drug-likeness (QED) is 0.0169. The Morgan fingerprint density at radius 2 is 0.485 bits per heavy atom. The molecule has 0 amide bonds. The number of carbonyl (C=O) groups excluding carboxylic acids is 4. The topological polar surface area (TPSA) is 237 Å². The van der Waals surface area contributed by atoms with Crippen LogP contribution in [0, 0.1) is 0 Å². The van der Waals surface area contributed by atoms with Crippen molar-refractivity contribution < 1.29 is 80.2 Å². The SMILES string of the molecule is CCCCCC/C=C\C=C/CCCCCCCC(=O)O[C@H](COC(=O)CCCCCCC)COP(=O)(O)OC[C@H](O)COP(=O)(O)OC[C@@H](COC(=O)CCCCCCCCCCCCCCCCCCC)OC(=O)CCCCCCCCCCCCCCCCCCCCCCCC. The van der Waals surface area contributed by atoms with Gasteiger partial charge in [-0.1, -0.05) is 354 Å². The molecule has 5 atom stereocenters. The Morgan fingerprint density at radius 1 is 0.283 bits per heavy atom. The molecule has 584 valence electrons.